The summed E-state index contributed by atoms with van der Waals surface area (Å²) in [5.74, 6) is -2.19. The third kappa shape index (κ3) is 4.22. The summed E-state index contributed by atoms with van der Waals surface area (Å²) >= 11 is 0. The second kappa shape index (κ2) is 6.50. The van der Waals surface area contributed by atoms with Gasteiger partial charge in [0.15, 0.2) is 0 Å². The molecule has 1 saturated carbocycles. The predicted molar refractivity (Wildman–Crippen MR) is 73.0 cm³/mol. The van der Waals surface area contributed by atoms with E-state index in [9.17, 15) is 18.0 Å². The van der Waals surface area contributed by atoms with Gasteiger partial charge in [-0.2, -0.15) is 13.2 Å². The highest BCUT2D eigenvalue weighted by Gasteiger charge is 2.44. The third-order valence-electron chi connectivity index (χ3n) is 4.02. The predicted octanol–water partition coefficient (Wildman–Crippen LogP) is 4.52. The summed E-state index contributed by atoms with van der Waals surface area (Å²) in [6.45, 7) is 2.01. The zero-order chi connectivity index (χ0) is 15.5. The van der Waals surface area contributed by atoms with Gasteiger partial charge in [0.1, 0.15) is 5.75 Å². The second-order valence-corrected chi connectivity index (χ2v) is 5.52. The molecule has 0 bridgehead atoms. The minimum absolute atomic E-state index is 0.110. The van der Waals surface area contributed by atoms with Gasteiger partial charge in [-0.3, -0.25) is 4.79 Å². The molecule has 1 aliphatic carbocycles. The number of ether oxygens (including phenoxy) is 1. The molecule has 21 heavy (non-hydrogen) atoms. The maximum atomic E-state index is 12.7. The lowest BCUT2D eigenvalue weighted by molar-refractivity contribution is -0.187. The molecule has 0 heterocycles. The van der Waals surface area contributed by atoms with Crippen LogP contribution >= 0.6 is 0 Å². The molecule has 0 aliphatic heterocycles. The molecule has 0 aromatic heterocycles. The number of rotatable bonds is 3. The first-order chi connectivity index (χ1) is 9.90. The number of hydrogen-bond donors (Lipinski definition) is 0. The number of alkyl halides is 3. The zero-order valence-electron chi connectivity index (χ0n) is 12.0. The number of halogens is 3. The molecule has 1 fully saturated rings. The summed E-state index contributed by atoms with van der Waals surface area (Å²) in [6.07, 6.45) is -2.50. The summed E-state index contributed by atoms with van der Waals surface area (Å²) in [7, 11) is 0. The zero-order valence-corrected chi connectivity index (χ0v) is 12.0. The first kappa shape index (κ1) is 15.9. The molecule has 0 N–H and O–H groups in total. The third-order valence-corrected chi connectivity index (χ3v) is 4.02. The van der Waals surface area contributed by atoms with Crippen molar-refractivity contribution in [2.24, 2.45) is 11.8 Å². The Morgan fingerprint density at radius 3 is 2.48 bits per heavy atom. The van der Waals surface area contributed by atoms with Crippen molar-refractivity contribution in [1.29, 1.82) is 0 Å². The van der Waals surface area contributed by atoms with Crippen LogP contribution < -0.4 is 4.74 Å². The number of carbonyl (C=O) groups is 1. The van der Waals surface area contributed by atoms with Crippen molar-refractivity contribution in [3.8, 4) is 5.75 Å². The largest absolute Gasteiger partial charge is 0.426 e. The highest BCUT2D eigenvalue weighted by Crippen LogP contribution is 2.40. The van der Waals surface area contributed by atoms with Gasteiger partial charge in [0.2, 0.25) is 0 Å². The van der Waals surface area contributed by atoms with E-state index in [1.54, 1.807) is 12.1 Å². The van der Waals surface area contributed by atoms with E-state index in [2.05, 4.69) is 0 Å². The first-order valence-electron chi connectivity index (χ1n) is 7.27. The summed E-state index contributed by atoms with van der Waals surface area (Å²) in [5, 5.41) is 0. The van der Waals surface area contributed by atoms with Crippen molar-refractivity contribution >= 4 is 5.97 Å². The Morgan fingerprint density at radius 2 is 1.90 bits per heavy atom. The number of carbonyl (C=O) groups excluding carboxylic acids is 1. The minimum Gasteiger partial charge on any atom is -0.426 e. The Hall–Kier alpha value is -1.52. The monoisotopic (exact) mass is 300 g/mol. The molecule has 2 rings (SSSR count). The van der Waals surface area contributed by atoms with Crippen molar-refractivity contribution in [3.05, 3.63) is 29.8 Å². The van der Waals surface area contributed by atoms with E-state index in [0.29, 0.717) is 18.6 Å². The minimum atomic E-state index is -4.22. The van der Waals surface area contributed by atoms with Crippen LogP contribution in [0, 0.1) is 11.8 Å². The van der Waals surface area contributed by atoms with Crippen molar-refractivity contribution < 1.29 is 22.7 Å². The van der Waals surface area contributed by atoms with Crippen LogP contribution in [0.3, 0.4) is 0 Å². The molecule has 1 aliphatic rings. The Morgan fingerprint density at radius 1 is 1.24 bits per heavy atom. The molecular formula is C16H19F3O2. The van der Waals surface area contributed by atoms with Gasteiger partial charge < -0.3 is 4.74 Å². The van der Waals surface area contributed by atoms with Gasteiger partial charge in [-0.25, -0.2) is 0 Å². The summed E-state index contributed by atoms with van der Waals surface area (Å²) in [4.78, 5) is 12.0. The first-order valence-corrected chi connectivity index (χ1v) is 7.27. The normalized spacial score (nSPS) is 22.9. The molecule has 2 atom stereocenters. The van der Waals surface area contributed by atoms with Crippen LogP contribution in [0.1, 0.15) is 38.2 Å². The maximum Gasteiger partial charge on any atom is 0.391 e. The highest BCUT2D eigenvalue weighted by molar-refractivity contribution is 5.75. The molecular weight excluding hydrogens is 281 g/mol. The fourth-order valence-corrected chi connectivity index (χ4v) is 2.69. The number of benzene rings is 1. The number of esters is 1. The van der Waals surface area contributed by atoms with E-state index in [-0.39, 0.29) is 12.8 Å². The van der Waals surface area contributed by atoms with Crippen LogP contribution in [-0.4, -0.2) is 12.1 Å². The van der Waals surface area contributed by atoms with Crippen LogP contribution in [0.2, 0.25) is 0 Å². The van der Waals surface area contributed by atoms with E-state index in [0.717, 1.165) is 12.0 Å². The van der Waals surface area contributed by atoms with Crippen molar-refractivity contribution in [3.63, 3.8) is 0 Å². The van der Waals surface area contributed by atoms with Gasteiger partial charge >= 0.3 is 12.1 Å². The standard InChI is InChI=1S/C16H19F3O2/c1-2-11-6-8-14(9-7-11)21-15(20)12-4-3-5-13(10-12)16(17,18)19/h6-9,12-13H,2-5,10H2,1H3. The Labute approximate surface area is 122 Å². The van der Waals surface area contributed by atoms with Gasteiger partial charge in [0.05, 0.1) is 11.8 Å². The molecule has 1 aromatic carbocycles. The van der Waals surface area contributed by atoms with Gasteiger partial charge in [0, 0.05) is 0 Å². The van der Waals surface area contributed by atoms with Gasteiger partial charge in [0.25, 0.3) is 0 Å². The fourth-order valence-electron chi connectivity index (χ4n) is 2.69. The lowest BCUT2D eigenvalue weighted by Crippen LogP contribution is -2.33. The Balaban J connectivity index is 1.96. The summed E-state index contributed by atoms with van der Waals surface area (Å²) in [6, 6.07) is 7.06. The lowest BCUT2D eigenvalue weighted by Gasteiger charge is -2.29. The molecule has 1 aromatic rings. The number of hydrogen-bond acceptors (Lipinski definition) is 2. The lowest BCUT2D eigenvalue weighted by atomic mass is 9.81. The van der Waals surface area contributed by atoms with Crippen molar-refractivity contribution in [2.75, 3.05) is 0 Å². The van der Waals surface area contributed by atoms with E-state index in [1.165, 1.54) is 0 Å². The summed E-state index contributed by atoms with van der Waals surface area (Å²) in [5.41, 5.74) is 1.12. The quantitative estimate of drug-likeness (QED) is 0.606. The smallest absolute Gasteiger partial charge is 0.391 e. The van der Waals surface area contributed by atoms with Gasteiger partial charge in [-0.05, 0) is 43.4 Å². The highest BCUT2D eigenvalue weighted by atomic mass is 19.4. The Bertz CT molecular complexity index is 479. The van der Waals surface area contributed by atoms with E-state index < -0.39 is 24.0 Å². The summed E-state index contributed by atoms with van der Waals surface area (Å²) < 4.78 is 43.4. The second-order valence-electron chi connectivity index (χ2n) is 5.52. The maximum absolute atomic E-state index is 12.7. The average molecular weight is 300 g/mol. The van der Waals surface area contributed by atoms with E-state index >= 15 is 0 Å². The van der Waals surface area contributed by atoms with Gasteiger partial charge in [-0.15, -0.1) is 0 Å². The van der Waals surface area contributed by atoms with Crippen molar-refractivity contribution in [1.82, 2.24) is 0 Å². The van der Waals surface area contributed by atoms with E-state index in [1.807, 2.05) is 19.1 Å². The number of aryl methyl sites for hydroxylation is 1. The molecule has 0 spiro atoms. The average Bonchev–Trinajstić information content (AvgIpc) is 2.47. The molecule has 5 heteroatoms. The topological polar surface area (TPSA) is 26.3 Å². The fraction of sp³-hybridized carbons (Fsp3) is 0.562. The van der Waals surface area contributed by atoms with Crippen LogP contribution in [0.4, 0.5) is 13.2 Å². The molecule has 2 nitrogen and oxygen atoms in total. The van der Waals surface area contributed by atoms with Crippen LogP contribution in [-0.2, 0) is 11.2 Å². The molecule has 0 saturated heterocycles. The van der Waals surface area contributed by atoms with Crippen LogP contribution in [0.5, 0.6) is 5.75 Å². The van der Waals surface area contributed by atoms with E-state index in [4.69, 9.17) is 4.74 Å². The van der Waals surface area contributed by atoms with Gasteiger partial charge in [-0.1, -0.05) is 25.5 Å². The Kier molecular flexibility index (Phi) is 4.91. The SMILES string of the molecule is CCc1ccc(OC(=O)C2CCCC(C(F)(F)F)C2)cc1. The van der Waals surface area contributed by atoms with Crippen molar-refractivity contribution in [2.45, 2.75) is 45.2 Å². The molecule has 0 amide bonds. The molecule has 0 radical (unpaired) electrons. The van der Waals surface area contributed by atoms with Crippen LogP contribution in [0.15, 0.2) is 24.3 Å². The molecule has 116 valence electrons. The molecule has 2 unspecified atom stereocenters. The van der Waals surface area contributed by atoms with Crippen LogP contribution in [0.25, 0.3) is 0 Å².